The van der Waals surface area contributed by atoms with Crippen LogP contribution in [0.4, 0.5) is 0 Å². The van der Waals surface area contributed by atoms with Crippen LogP contribution in [0.3, 0.4) is 0 Å². The van der Waals surface area contributed by atoms with E-state index in [2.05, 4.69) is 30.9 Å². The minimum Gasteiger partial charge on any atom is -0.393 e. The van der Waals surface area contributed by atoms with Gasteiger partial charge in [0, 0.05) is 13.1 Å². The summed E-state index contributed by atoms with van der Waals surface area (Å²) in [7, 11) is 0. The number of nitrogens with zero attached hydrogens (tertiary/aromatic N) is 1. The van der Waals surface area contributed by atoms with Crippen LogP contribution in [-0.4, -0.2) is 54.7 Å². The Hall–Kier alpha value is -0.970. The van der Waals surface area contributed by atoms with Crippen molar-refractivity contribution in [1.29, 1.82) is 0 Å². The molecule has 0 amide bonds. The highest BCUT2D eigenvalue weighted by molar-refractivity contribution is 5.98. The second kappa shape index (κ2) is 7.32. The lowest BCUT2D eigenvalue weighted by atomic mass is 9.47. The zero-order valence-corrected chi connectivity index (χ0v) is 18.2. The fourth-order valence-electron chi connectivity index (χ4n) is 7.69. The Morgan fingerprint density at radius 2 is 1.86 bits per heavy atom. The Labute approximate surface area is 175 Å². The minimum atomic E-state index is -0.141. The van der Waals surface area contributed by atoms with Crippen molar-refractivity contribution in [1.82, 2.24) is 4.90 Å². The predicted molar refractivity (Wildman–Crippen MR) is 113 cm³/mol. The van der Waals surface area contributed by atoms with Gasteiger partial charge in [0.05, 0.1) is 25.9 Å². The van der Waals surface area contributed by atoms with Gasteiger partial charge in [-0.05, 0) is 79.1 Å². The summed E-state index contributed by atoms with van der Waals surface area (Å²) >= 11 is 0. The molecule has 5 rings (SSSR count). The molecule has 0 radical (unpaired) electrons. The molecule has 3 fully saturated rings. The van der Waals surface area contributed by atoms with Gasteiger partial charge in [0.25, 0.3) is 0 Å². The number of fused-ring (bicyclic) bond motifs is 5. The van der Waals surface area contributed by atoms with E-state index in [0.717, 1.165) is 76.3 Å². The third-order valence-corrected chi connectivity index (χ3v) is 9.43. The molecular formula is C25H37NO3. The highest BCUT2D eigenvalue weighted by Crippen LogP contribution is 2.65. The van der Waals surface area contributed by atoms with Gasteiger partial charge in [-0.3, -0.25) is 9.69 Å². The van der Waals surface area contributed by atoms with Crippen LogP contribution >= 0.6 is 0 Å². The second-order valence-electron chi connectivity index (χ2n) is 10.8. The molecule has 0 unspecified atom stereocenters. The molecule has 29 heavy (non-hydrogen) atoms. The summed E-state index contributed by atoms with van der Waals surface area (Å²) in [6.45, 7) is 8.66. The molecule has 0 aromatic heterocycles. The molecule has 4 nitrogen and oxygen atoms in total. The molecule has 160 valence electrons. The summed E-state index contributed by atoms with van der Waals surface area (Å²) in [6, 6.07) is 0. The molecule has 5 aliphatic rings. The van der Waals surface area contributed by atoms with E-state index in [-0.39, 0.29) is 16.9 Å². The van der Waals surface area contributed by atoms with E-state index in [4.69, 9.17) is 4.74 Å². The van der Waals surface area contributed by atoms with Crippen molar-refractivity contribution in [2.24, 2.45) is 28.6 Å². The molecule has 6 atom stereocenters. The van der Waals surface area contributed by atoms with Gasteiger partial charge in [-0.25, -0.2) is 0 Å². The van der Waals surface area contributed by atoms with Crippen LogP contribution in [-0.2, 0) is 9.53 Å². The number of hydrogen-bond acceptors (Lipinski definition) is 4. The van der Waals surface area contributed by atoms with Gasteiger partial charge < -0.3 is 9.84 Å². The van der Waals surface area contributed by atoms with Gasteiger partial charge in [0.2, 0.25) is 0 Å². The average Bonchev–Trinajstić information content (AvgIpc) is 3.06. The largest absolute Gasteiger partial charge is 0.393 e. The molecule has 2 saturated carbocycles. The maximum Gasteiger partial charge on any atom is 0.173 e. The van der Waals surface area contributed by atoms with Gasteiger partial charge in [0.15, 0.2) is 5.78 Å². The Balaban J connectivity index is 1.34. The molecular weight excluding hydrogens is 362 g/mol. The first kappa shape index (κ1) is 20.0. The van der Waals surface area contributed by atoms with E-state index >= 15 is 0 Å². The van der Waals surface area contributed by atoms with Crippen molar-refractivity contribution in [3.05, 3.63) is 23.3 Å². The van der Waals surface area contributed by atoms with Gasteiger partial charge in [-0.1, -0.05) is 31.6 Å². The highest BCUT2D eigenvalue weighted by atomic mass is 16.5. The third kappa shape index (κ3) is 3.18. The summed E-state index contributed by atoms with van der Waals surface area (Å²) in [6.07, 6.45) is 12.2. The quantitative estimate of drug-likeness (QED) is 0.735. The minimum absolute atomic E-state index is 0.0560. The number of ether oxygens (including phenoxy) is 1. The number of morpholine rings is 1. The van der Waals surface area contributed by atoms with Crippen LogP contribution in [0.2, 0.25) is 0 Å². The van der Waals surface area contributed by atoms with Crippen molar-refractivity contribution >= 4 is 5.78 Å². The van der Waals surface area contributed by atoms with E-state index in [1.54, 1.807) is 0 Å². The number of ketones is 1. The van der Waals surface area contributed by atoms with Crippen molar-refractivity contribution < 1.29 is 14.6 Å². The third-order valence-electron chi connectivity index (χ3n) is 9.43. The molecule has 0 aromatic rings. The van der Waals surface area contributed by atoms with Gasteiger partial charge in [0.1, 0.15) is 0 Å². The topological polar surface area (TPSA) is 49.8 Å². The van der Waals surface area contributed by atoms with Crippen molar-refractivity contribution in [3.63, 3.8) is 0 Å². The van der Waals surface area contributed by atoms with E-state index < -0.39 is 0 Å². The first-order valence-electron chi connectivity index (χ1n) is 11.8. The first-order chi connectivity index (χ1) is 13.9. The molecule has 0 bridgehead atoms. The van der Waals surface area contributed by atoms with Crippen molar-refractivity contribution in [3.8, 4) is 0 Å². The van der Waals surface area contributed by atoms with E-state index in [1.807, 2.05) is 0 Å². The number of rotatable bonds is 3. The van der Waals surface area contributed by atoms with E-state index in [1.165, 1.54) is 12.0 Å². The molecule has 0 spiro atoms. The van der Waals surface area contributed by atoms with Gasteiger partial charge >= 0.3 is 0 Å². The number of allylic oxidation sites excluding steroid dienone is 2. The van der Waals surface area contributed by atoms with Crippen LogP contribution in [0, 0.1) is 28.6 Å². The number of carbonyl (C=O) groups is 1. The molecule has 1 saturated heterocycles. The molecule has 4 heteroatoms. The predicted octanol–water partition coefficient (Wildman–Crippen LogP) is 3.75. The zero-order chi connectivity index (χ0) is 20.2. The summed E-state index contributed by atoms with van der Waals surface area (Å²) in [4.78, 5) is 15.5. The fraction of sp³-hybridized carbons (Fsp3) is 0.800. The molecule has 1 heterocycles. The summed E-state index contributed by atoms with van der Waals surface area (Å²) < 4.78 is 5.44. The Bertz CT molecular complexity index is 736. The van der Waals surface area contributed by atoms with Crippen molar-refractivity contribution in [2.45, 2.75) is 64.9 Å². The maximum atomic E-state index is 13.3. The van der Waals surface area contributed by atoms with E-state index in [9.17, 15) is 9.90 Å². The number of aliphatic hydroxyl groups is 1. The fourth-order valence-corrected chi connectivity index (χ4v) is 7.69. The standard InChI is InChI=1S/C25H37NO3/c1-24-9-7-18(27)15-17(24)3-4-19-20-5-6-22(25(20,2)10-8-21(19)24)23(28)16-26-11-13-29-14-12-26/h3,6,18-21,27H,4-5,7-16H2,1-2H3/t18-,19-,20-,21-,24-,25-/m0/s1. The lowest BCUT2D eigenvalue weighted by Gasteiger charge is -2.57. The normalized spacial score (nSPS) is 44.9. The monoisotopic (exact) mass is 399 g/mol. The van der Waals surface area contributed by atoms with Crippen LogP contribution in [0.5, 0.6) is 0 Å². The average molecular weight is 400 g/mol. The maximum absolute atomic E-state index is 13.3. The molecule has 1 aliphatic heterocycles. The lowest BCUT2D eigenvalue weighted by Crippen LogP contribution is -2.50. The molecule has 4 aliphatic carbocycles. The molecule has 1 N–H and O–H groups in total. The summed E-state index contributed by atoms with van der Waals surface area (Å²) in [5.74, 6) is 2.36. The Morgan fingerprint density at radius 3 is 2.66 bits per heavy atom. The summed E-state index contributed by atoms with van der Waals surface area (Å²) in [5.41, 5.74) is 2.98. The SMILES string of the molecule is C[C@]12CC[C@H](O)CC1=CC[C@@H]1[C@@H]2CC[C@]2(C)C(C(=O)CN3CCOCC3)=CC[C@@H]12. The number of aliphatic hydroxyl groups excluding tert-OH is 1. The second-order valence-corrected chi connectivity index (χ2v) is 10.8. The smallest absolute Gasteiger partial charge is 0.173 e. The summed E-state index contributed by atoms with van der Waals surface area (Å²) in [5, 5.41) is 10.2. The Kier molecular flexibility index (Phi) is 5.04. The first-order valence-corrected chi connectivity index (χ1v) is 11.8. The van der Waals surface area contributed by atoms with Crippen LogP contribution in [0.25, 0.3) is 0 Å². The van der Waals surface area contributed by atoms with Crippen LogP contribution < -0.4 is 0 Å². The molecule has 0 aromatic carbocycles. The number of hydrogen-bond donors (Lipinski definition) is 1. The Morgan fingerprint density at radius 1 is 1.10 bits per heavy atom. The van der Waals surface area contributed by atoms with E-state index in [0.29, 0.717) is 24.2 Å². The van der Waals surface area contributed by atoms with Crippen molar-refractivity contribution in [2.75, 3.05) is 32.8 Å². The lowest BCUT2D eigenvalue weighted by molar-refractivity contribution is -0.119. The van der Waals surface area contributed by atoms with Crippen LogP contribution in [0.15, 0.2) is 23.3 Å². The number of Topliss-reactive ketones (excluding diaryl/α,β-unsaturated/α-hetero) is 1. The zero-order valence-electron chi connectivity index (χ0n) is 18.2. The van der Waals surface area contributed by atoms with Crippen LogP contribution in [0.1, 0.15) is 58.8 Å². The van der Waals surface area contributed by atoms with Gasteiger partial charge in [-0.15, -0.1) is 0 Å². The number of carbonyl (C=O) groups excluding carboxylic acids is 1. The van der Waals surface area contributed by atoms with Gasteiger partial charge in [-0.2, -0.15) is 0 Å². The highest BCUT2D eigenvalue weighted by Gasteiger charge is 2.57.